The third kappa shape index (κ3) is 5.10. The van der Waals surface area contributed by atoms with E-state index in [9.17, 15) is 0 Å². The molecule has 86 valence electrons. The van der Waals surface area contributed by atoms with Gasteiger partial charge in [-0.2, -0.15) is 0 Å². The first-order valence-corrected chi connectivity index (χ1v) is 8.52. The summed E-state index contributed by atoms with van der Waals surface area (Å²) < 4.78 is 5.65. The first kappa shape index (κ1) is 14.1. The van der Waals surface area contributed by atoms with E-state index in [1.807, 2.05) is 7.11 Å². The van der Waals surface area contributed by atoms with Crippen LogP contribution in [0.3, 0.4) is 0 Å². The SMILES string of the molecule is CO[Si](C)(C)C(CCCN)CCCN. The third-order valence-corrected chi connectivity index (χ3v) is 6.62. The van der Waals surface area contributed by atoms with Crippen molar-refractivity contribution in [1.82, 2.24) is 0 Å². The molecule has 0 aromatic heterocycles. The molecule has 14 heavy (non-hydrogen) atoms. The molecule has 4 heteroatoms. The minimum Gasteiger partial charge on any atom is -0.420 e. The average molecular weight is 218 g/mol. The molecule has 0 aliphatic carbocycles. The monoisotopic (exact) mass is 218 g/mol. The van der Waals surface area contributed by atoms with Gasteiger partial charge < -0.3 is 15.9 Å². The van der Waals surface area contributed by atoms with Crippen LogP contribution in [0.25, 0.3) is 0 Å². The van der Waals surface area contributed by atoms with Crippen LogP contribution in [-0.2, 0) is 4.43 Å². The van der Waals surface area contributed by atoms with E-state index < -0.39 is 8.32 Å². The first-order valence-electron chi connectivity index (χ1n) is 5.53. The molecule has 0 spiro atoms. The second kappa shape index (κ2) is 7.40. The van der Waals surface area contributed by atoms with Gasteiger partial charge in [-0.15, -0.1) is 0 Å². The molecule has 3 nitrogen and oxygen atoms in total. The molecule has 0 radical (unpaired) electrons. The van der Waals surface area contributed by atoms with Crippen LogP contribution < -0.4 is 11.5 Å². The summed E-state index contributed by atoms with van der Waals surface area (Å²) in [6, 6.07) is 0. The van der Waals surface area contributed by atoms with Crippen molar-refractivity contribution in [3.05, 3.63) is 0 Å². The van der Waals surface area contributed by atoms with Crippen LogP contribution in [0.2, 0.25) is 18.6 Å². The molecule has 0 aliphatic heterocycles. The topological polar surface area (TPSA) is 61.3 Å². The van der Waals surface area contributed by atoms with Crippen LogP contribution in [0.5, 0.6) is 0 Å². The Morgan fingerprint density at radius 3 is 1.79 bits per heavy atom. The lowest BCUT2D eigenvalue weighted by Crippen LogP contribution is -2.35. The van der Waals surface area contributed by atoms with Crippen LogP contribution in [0.1, 0.15) is 25.7 Å². The van der Waals surface area contributed by atoms with Crippen molar-refractivity contribution in [2.45, 2.75) is 44.3 Å². The van der Waals surface area contributed by atoms with Crippen LogP contribution >= 0.6 is 0 Å². The highest BCUT2D eigenvalue weighted by Crippen LogP contribution is 2.31. The van der Waals surface area contributed by atoms with Crippen LogP contribution in [-0.4, -0.2) is 28.5 Å². The number of nitrogens with two attached hydrogens (primary N) is 2. The molecule has 0 heterocycles. The largest absolute Gasteiger partial charge is 0.420 e. The predicted octanol–water partition coefficient (Wildman–Crippen LogP) is 1.69. The Hall–Kier alpha value is 0.0969. The Morgan fingerprint density at radius 2 is 1.50 bits per heavy atom. The fourth-order valence-electron chi connectivity index (χ4n) is 1.73. The second-order valence-corrected chi connectivity index (χ2v) is 8.80. The van der Waals surface area contributed by atoms with Gasteiger partial charge in [-0.1, -0.05) is 0 Å². The zero-order valence-corrected chi connectivity index (χ0v) is 10.9. The molecule has 0 amide bonds. The van der Waals surface area contributed by atoms with Gasteiger partial charge >= 0.3 is 0 Å². The van der Waals surface area contributed by atoms with Crippen LogP contribution in [0.15, 0.2) is 0 Å². The van der Waals surface area contributed by atoms with Crippen molar-refractivity contribution in [2.24, 2.45) is 11.5 Å². The smallest absolute Gasteiger partial charge is 0.189 e. The van der Waals surface area contributed by atoms with Gasteiger partial charge in [0, 0.05) is 7.11 Å². The van der Waals surface area contributed by atoms with Gasteiger partial charge in [-0.3, -0.25) is 0 Å². The maximum absolute atomic E-state index is 5.65. The lowest BCUT2D eigenvalue weighted by atomic mass is 10.1. The summed E-state index contributed by atoms with van der Waals surface area (Å²) in [6.07, 6.45) is 4.61. The quantitative estimate of drug-likeness (QED) is 0.609. The normalized spacial score (nSPS) is 12.4. The zero-order valence-electron chi connectivity index (χ0n) is 9.88. The molecule has 0 aromatic carbocycles. The highest BCUT2D eigenvalue weighted by atomic mass is 28.4. The Morgan fingerprint density at radius 1 is 1.07 bits per heavy atom. The summed E-state index contributed by atoms with van der Waals surface area (Å²) in [5.74, 6) is 0. The molecule has 4 N–H and O–H groups in total. The number of hydrogen-bond donors (Lipinski definition) is 2. The molecule has 0 saturated heterocycles. The van der Waals surface area contributed by atoms with Crippen molar-refractivity contribution < 1.29 is 4.43 Å². The van der Waals surface area contributed by atoms with Gasteiger partial charge in [0.05, 0.1) is 0 Å². The highest BCUT2D eigenvalue weighted by Gasteiger charge is 2.31. The van der Waals surface area contributed by atoms with Crippen molar-refractivity contribution in [3.8, 4) is 0 Å². The van der Waals surface area contributed by atoms with E-state index in [1.54, 1.807) is 0 Å². The van der Waals surface area contributed by atoms with E-state index in [1.165, 1.54) is 12.8 Å². The van der Waals surface area contributed by atoms with Crippen molar-refractivity contribution in [2.75, 3.05) is 20.2 Å². The van der Waals surface area contributed by atoms with E-state index in [4.69, 9.17) is 15.9 Å². The minimum absolute atomic E-state index is 0.708. The number of hydrogen-bond acceptors (Lipinski definition) is 3. The second-order valence-electron chi connectivity index (χ2n) is 4.37. The highest BCUT2D eigenvalue weighted by molar-refractivity contribution is 6.72. The van der Waals surface area contributed by atoms with Gasteiger partial charge in [-0.25, -0.2) is 0 Å². The molecule has 0 rings (SSSR count). The average Bonchev–Trinajstić information content (AvgIpc) is 2.17. The summed E-state index contributed by atoms with van der Waals surface area (Å²) in [5.41, 5.74) is 11.8. The maximum atomic E-state index is 5.65. The molecular weight excluding hydrogens is 192 g/mol. The van der Waals surface area contributed by atoms with E-state index in [2.05, 4.69) is 13.1 Å². The van der Waals surface area contributed by atoms with Crippen LogP contribution in [0, 0.1) is 0 Å². The fraction of sp³-hybridized carbons (Fsp3) is 1.00. The molecule has 0 saturated carbocycles. The summed E-state index contributed by atoms with van der Waals surface area (Å²) in [7, 11) is 0.345. The molecule has 0 bridgehead atoms. The maximum Gasteiger partial charge on any atom is 0.189 e. The molecule has 0 fully saturated rings. The Labute approximate surface area is 89.3 Å². The minimum atomic E-state index is -1.49. The van der Waals surface area contributed by atoms with Gasteiger partial charge in [0.2, 0.25) is 0 Å². The van der Waals surface area contributed by atoms with E-state index in [0.29, 0.717) is 5.54 Å². The van der Waals surface area contributed by atoms with Crippen LogP contribution in [0.4, 0.5) is 0 Å². The third-order valence-electron chi connectivity index (χ3n) is 3.02. The molecule has 0 aliphatic rings. The zero-order chi connectivity index (χ0) is 11.0. The van der Waals surface area contributed by atoms with E-state index in [-0.39, 0.29) is 0 Å². The van der Waals surface area contributed by atoms with Crippen molar-refractivity contribution in [1.29, 1.82) is 0 Å². The van der Waals surface area contributed by atoms with Crippen molar-refractivity contribution in [3.63, 3.8) is 0 Å². The van der Waals surface area contributed by atoms with Gasteiger partial charge in [0.25, 0.3) is 0 Å². The predicted molar refractivity (Wildman–Crippen MR) is 64.8 cm³/mol. The lowest BCUT2D eigenvalue weighted by Gasteiger charge is -2.30. The van der Waals surface area contributed by atoms with Crippen molar-refractivity contribution >= 4 is 8.32 Å². The Bertz CT molecular complexity index is 134. The Balaban J connectivity index is 4.08. The first-order chi connectivity index (χ1) is 6.58. The molecule has 0 unspecified atom stereocenters. The molecule has 0 aromatic rings. The summed E-state index contributed by atoms with van der Waals surface area (Å²) in [5, 5.41) is 0. The molecule has 0 atom stereocenters. The van der Waals surface area contributed by atoms with Gasteiger partial charge in [-0.05, 0) is 57.4 Å². The Kier molecular flexibility index (Phi) is 7.45. The molecular formula is C10H26N2OSi. The van der Waals surface area contributed by atoms with E-state index >= 15 is 0 Å². The van der Waals surface area contributed by atoms with Gasteiger partial charge in [0.1, 0.15) is 0 Å². The standard InChI is InChI=1S/C10H26N2OSi/c1-13-14(2,3)10(6-4-8-11)7-5-9-12/h10H,4-9,11-12H2,1-3H3. The summed E-state index contributed by atoms with van der Waals surface area (Å²) in [6.45, 7) is 6.13. The number of rotatable bonds is 8. The summed E-state index contributed by atoms with van der Waals surface area (Å²) in [4.78, 5) is 0. The summed E-state index contributed by atoms with van der Waals surface area (Å²) >= 11 is 0. The van der Waals surface area contributed by atoms with E-state index in [0.717, 1.165) is 25.9 Å². The fourth-order valence-corrected chi connectivity index (χ4v) is 3.87. The van der Waals surface area contributed by atoms with Gasteiger partial charge in [0.15, 0.2) is 8.32 Å². The lowest BCUT2D eigenvalue weighted by molar-refractivity contribution is 0.378.